The van der Waals surface area contributed by atoms with E-state index in [1.54, 1.807) is 6.82 Å². The maximum absolute atomic E-state index is 11.6. The molecule has 0 aromatic carbocycles. The maximum atomic E-state index is 11.6. The summed E-state index contributed by atoms with van der Waals surface area (Å²) in [5, 5.41) is 129. The molecule has 0 aromatic rings. The van der Waals surface area contributed by atoms with Crippen LogP contribution in [0.5, 0.6) is 0 Å². The van der Waals surface area contributed by atoms with Crippen molar-refractivity contribution in [3.05, 3.63) is 0 Å². The summed E-state index contributed by atoms with van der Waals surface area (Å²) in [6, 6.07) is 0. The molecule has 2 N–H and O–H groups in total. The molecule has 42 heteroatoms. The largest absolute Gasteiger partial charge is 0.453 e. The molecule has 41 nitrogen and oxygen atoms in total. The predicted octanol–water partition coefficient (Wildman–Crippen LogP) is -3.70. The van der Waals surface area contributed by atoms with E-state index in [9.17, 15) is 14.7 Å². The van der Waals surface area contributed by atoms with Crippen LogP contribution in [-0.2, 0) is 194 Å². The van der Waals surface area contributed by atoms with Gasteiger partial charge in [0.1, 0.15) is 12.7 Å². The predicted molar refractivity (Wildman–Crippen MR) is 156 cm³/mol. The lowest BCUT2D eigenvalue weighted by molar-refractivity contribution is -0.906. The lowest BCUT2D eigenvalue weighted by Crippen LogP contribution is -2.27. The fourth-order valence-corrected chi connectivity index (χ4v) is 2.22. The fourth-order valence-electron chi connectivity index (χ4n) is 2.22. The summed E-state index contributed by atoms with van der Waals surface area (Å²) in [6.45, 7) is 1.97. The van der Waals surface area contributed by atoms with E-state index in [1.807, 2.05) is 11.8 Å². The van der Waals surface area contributed by atoms with Gasteiger partial charge >= 0.3 is 19.1 Å². The average Bonchev–Trinajstić information content (AvgIpc) is 3.75. The van der Waals surface area contributed by atoms with E-state index >= 15 is 0 Å². The first-order chi connectivity index (χ1) is 33.0. The molecule has 1 saturated heterocycles. The number of ether oxygens (including phenoxy) is 2. The van der Waals surface area contributed by atoms with Gasteiger partial charge in [-0.25, -0.2) is 14.8 Å². The van der Waals surface area contributed by atoms with Crippen molar-refractivity contribution in [1.29, 1.82) is 0 Å². The highest BCUT2D eigenvalue weighted by molar-refractivity contribution is 6.43. The minimum Gasteiger partial charge on any atom is -0.453 e. The van der Waals surface area contributed by atoms with Crippen LogP contribution in [0.2, 0.25) is 6.82 Å². The molecule has 1 aliphatic heterocycles. The molecule has 1 rings (SSSR count). The molecule has 1 aliphatic rings. The Hall–Kier alpha value is -6.00. The summed E-state index contributed by atoms with van der Waals surface area (Å²) in [4.78, 5) is 26.8. The van der Waals surface area contributed by atoms with E-state index in [1.165, 1.54) is 0 Å². The van der Waals surface area contributed by atoms with Crippen molar-refractivity contribution in [2.24, 2.45) is 0 Å². The highest BCUT2D eigenvalue weighted by Gasteiger charge is 2.26. The summed E-state index contributed by atoms with van der Waals surface area (Å²) in [6.07, 6.45) is -1.28. The maximum Gasteiger partial charge on any atom is 0.453 e. The third-order valence-corrected chi connectivity index (χ3v) is 4.04. The molecule has 364 valence electrons. The summed E-state index contributed by atoms with van der Waals surface area (Å²) >= 11 is 0. The zero-order valence-corrected chi connectivity index (χ0v) is 31.4. The first-order valence-corrected chi connectivity index (χ1v) is 14.9. The van der Waals surface area contributed by atoms with Gasteiger partial charge < -0.3 is 23.9 Å². The number of carbonyl (C=O) groups is 2. The Kier molecular flexibility index (Phi) is 42.2. The minimum absolute atomic E-state index is 0.0733. The molecule has 0 aromatic heterocycles. The summed E-state index contributed by atoms with van der Waals surface area (Å²) in [7, 11) is -0.308. The summed E-state index contributed by atoms with van der Waals surface area (Å²) in [5.74, 6) is 33.7. The Labute approximate surface area is 364 Å². The smallest absolute Gasteiger partial charge is 0.453 e. The Bertz CT molecular complexity index is 1840. The van der Waals surface area contributed by atoms with Gasteiger partial charge in [0.15, 0.2) is 0 Å². The van der Waals surface area contributed by atoms with Gasteiger partial charge in [-0.05, 0) is 130 Å². The van der Waals surface area contributed by atoms with E-state index in [4.69, 9.17) is 24.0 Å². The summed E-state index contributed by atoms with van der Waals surface area (Å²) in [5.41, 5.74) is 0. The number of esters is 1. The summed E-state index contributed by atoms with van der Waals surface area (Å²) < 4.78 is 20.7. The van der Waals surface area contributed by atoms with E-state index in [-0.39, 0.29) is 33.0 Å². The van der Waals surface area contributed by atoms with Gasteiger partial charge in [-0.3, -0.25) is 4.89 Å². The van der Waals surface area contributed by atoms with Gasteiger partial charge in [0.05, 0.1) is 25.9 Å². The van der Waals surface area contributed by atoms with Crippen molar-refractivity contribution < 1.29 is 205 Å². The highest BCUT2D eigenvalue weighted by atomic mass is 18.0. The van der Waals surface area contributed by atoms with Gasteiger partial charge in [-0.1, -0.05) is 0 Å². The number of hydrogen-bond donors (Lipinski definition) is 2. The second-order valence-corrected chi connectivity index (χ2v) is 8.00. The monoisotopic (exact) mass is 982 g/mol. The standard InChI is InChI=1S/C25H15BO41/c1-26-33-21-23(34-26)20-31-18-22(27)19-32-24(28)16-14-12-10-8-6-4-2-3-5-7-9-11-13-15-17-25(29)35-37-39-41-43-45-47-49-51-53-55-57-59-61-63-65-67-66-64-62-60-58-56-54-52-50-48-46-44-42-40-38-36-30/h22-23,27,30H,18-21H2,1H3. The normalized spacial score (nSPS) is 12.4. The molecule has 2 unspecified atom stereocenters. The molecular weight excluding hydrogens is 967 g/mol. The van der Waals surface area contributed by atoms with Gasteiger partial charge in [0.25, 0.3) is 0 Å². The topological polar surface area (TPSA) is 416 Å². The van der Waals surface area contributed by atoms with Crippen LogP contribution >= 0.6 is 0 Å². The third kappa shape index (κ3) is 45.0. The first-order valence-electron chi connectivity index (χ1n) is 14.9. The molecule has 0 saturated carbocycles. The first kappa shape index (κ1) is 59.0. The van der Waals surface area contributed by atoms with Crippen LogP contribution < -0.4 is 0 Å². The Morgan fingerprint density at radius 1 is 0.478 bits per heavy atom. The van der Waals surface area contributed by atoms with Gasteiger partial charge in [-0.15, -0.1) is 0 Å². The lowest BCUT2D eigenvalue weighted by atomic mass is 9.97. The number of rotatable bonds is 38. The van der Waals surface area contributed by atoms with E-state index in [0.717, 1.165) is 0 Å². The molecule has 0 aliphatic carbocycles. The Balaban J connectivity index is 1.88. The van der Waals surface area contributed by atoms with Crippen molar-refractivity contribution in [2.45, 2.75) is 19.0 Å². The Morgan fingerprint density at radius 2 is 0.791 bits per heavy atom. The van der Waals surface area contributed by atoms with Crippen LogP contribution in [0.25, 0.3) is 0 Å². The van der Waals surface area contributed by atoms with Crippen molar-refractivity contribution in [1.82, 2.24) is 0 Å². The number of carbonyl (C=O) groups excluding carboxylic acids is 2. The van der Waals surface area contributed by atoms with Gasteiger partial charge in [0.2, 0.25) is 0 Å². The number of hydrogen-bond acceptors (Lipinski definition) is 41. The van der Waals surface area contributed by atoms with Gasteiger partial charge in [-0.2, -0.15) is 0 Å². The quantitative estimate of drug-likeness (QED) is 0.0114. The second-order valence-electron chi connectivity index (χ2n) is 8.00. The third-order valence-electron chi connectivity index (χ3n) is 4.04. The number of aliphatic hydroxyl groups is 1. The molecular formula is C25H15BO41. The minimum atomic E-state index is -1.32. The van der Waals surface area contributed by atoms with Crippen LogP contribution in [0.1, 0.15) is 0 Å². The lowest BCUT2D eigenvalue weighted by Gasteiger charge is -2.13. The van der Waals surface area contributed by atoms with Crippen LogP contribution in [-0.4, -0.2) is 68.1 Å². The van der Waals surface area contributed by atoms with Crippen molar-refractivity contribution in [3.8, 4) is 94.7 Å². The number of aliphatic hydroxyl groups excluding tert-OH is 1. The SMILES string of the molecule is CB1OCC(COCC(O)COC(=O)C#CC#CC#CC#CC#CC#CC#CC#CC(=O)OOOOOOOOOOOOOOOOOOOOOOOOOOOOOOOOOO)O1. The molecule has 0 spiro atoms. The molecule has 0 radical (unpaired) electrons. The molecule has 1 heterocycles. The average molecular weight is 982 g/mol. The molecule has 1 fully saturated rings. The molecule has 0 bridgehead atoms. The second kappa shape index (κ2) is 48.0. The van der Waals surface area contributed by atoms with Crippen molar-refractivity contribution >= 4 is 19.1 Å². The molecule has 67 heavy (non-hydrogen) atoms. The van der Waals surface area contributed by atoms with Crippen LogP contribution in [0.3, 0.4) is 0 Å². The van der Waals surface area contributed by atoms with E-state index in [0.29, 0.717) is 6.61 Å². The van der Waals surface area contributed by atoms with Crippen molar-refractivity contribution in [3.63, 3.8) is 0 Å². The van der Waals surface area contributed by atoms with E-state index < -0.39 is 18.0 Å². The Morgan fingerprint density at radius 3 is 1.12 bits per heavy atom. The van der Waals surface area contributed by atoms with Gasteiger partial charge in [0, 0.05) is 133 Å². The molecule has 0 amide bonds. The van der Waals surface area contributed by atoms with Crippen molar-refractivity contribution in [2.75, 3.05) is 26.4 Å². The van der Waals surface area contributed by atoms with Crippen LogP contribution in [0.15, 0.2) is 0 Å². The van der Waals surface area contributed by atoms with Crippen LogP contribution in [0, 0.1) is 94.7 Å². The fraction of sp³-hybridized carbons (Fsp3) is 0.280. The molecule has 2 atom stereocenters. The van der Waals surface area contributed by atoms with Crippen LogP contribution in [0.4, 0.5) is 0 Å². The van der Waals surface area contributed by atoms with E-state index in [2.05, 4.69) is 249 Å². The zero-order chi connectivity index (χ0) is 48.2. The highest BCUT2D eigenvalue weighted by Crippen LogP contribution is 2.08. The zero-order valence-electron chi connectivity index (χ0n) is 31.4.